The molecule has 0 radical (unpaired) electrons. The lowest BCUT2D eigenvalue weighted by atomic mass is 10.1. The van der Waals surface area contributed by atoms with Gasteiger partial charge in [0, 0.05) is 13.1 Å². The molecule has 1 atom stereocenters. The number of benzene rings is 1. The summed E-state index contributed by atoms with van der Waals surface area (Å²) in [5.41, 5.74) is 1.24. The molecule has 1 saturated heterocycles. The maximum absolute atomic E-state index is 12.3. The number of urea groups is 1. The maximum Gasteiger partial charge on any atom is 0.317 e. The molecule has 0 aliphatic carbocycles. The van der Waals surface area contributed by atoms with E-state index in [2.05, 4.69) is 27.5 Å². The summed E-state index contributed by atoms with van der Waals surface area (Å²) in [6, 6.07) is 10.4. The Labute approximate surface area is 130 Å². The number of likely N-dealkylation sites (tertiary alicyclic amines) is 1. The van der Waals surface area contributed by atoms with Crippen molar-refractivity contribution in [2.45, 2.75) is 31.8 Å². The predicted octanol–water partition coefficient (Wildman–Crippen LogP) is 1.69. The van der Waals surface area contributed by atoms with Crippen molar-refractivity contribution >= 4 is 6.03 Å². The lowest BCUT2D eigenvalue weighted by molar-refractivity contribution is 0.186. The van der Waals surface area contributed by atoms with Crippen LogP contribution < -0.4 is 5.32 Å². The Kier molecular flexibility index (Phi) is 4.68. The van der Waals surface area contributed by atoms with E-state index in [0.29, 0.717) is 13.1 Å². The third-order valence-corrected chi connectivity index (χ3v) is 4.04. The smallest absolute Gasteiger partial charge is 0.317 e. The summed E-state index contributed by atoms with van der Waals surface area (Å²) in [5, 5.41) is 7.15. The van der Waals surface area contributed by atoms with Crippen molar-refractivity contribution in [1.29, 1.82) is 0 Å². The number of hydrogen-bond donors (Lipinski definition) is 1. The average molecular weight is 299 g/mol. The van der Waals surface area contributed by atoms with E-state index in [1.807, 2.05) is 23.1 Å². The van der Waals surface area contributed by atoms with E-state index in [1.54, 1.807) is 11.0 Å². The minimum absolute atomic E-state index is 0.0264. The van der Waals surface area contributed by atoms with Gasteiger partial charge < -0.3 is 10.2 Å². The number of carbonyl (C=O) groups is 1. The molecule has 6 nitrogen and oxygen atoms in total. The van der Waals surface area contributed by atoms with Gasteiger partial charge in [0.1, 0.15) is 12.7 Å². The highest BCUT2D eigenvalue weighted by atomic mass is 16.2. The summed E-state index contributed by atoms with van der Waals surface area (Å²) in [7, 11) is 0. The zero-order valence-electron chi connectivity index (χ0n) is 12.6. The fraction of sp³-hybridized carbons (Fsp3) is 0.438. The van der Waals surface area contributed by atoms with Gasteiger partial charge in [0.2, 0.25) is 0 Å². The Morgan fingerprint density at radius 3 is 2.95 bits per heavy atom. The molecular weight excluding hydrogens is 278 g/mol. The second-order valence-corrected chi connectivity index (χ2v) is 5.57. The van der Waals surface area contributed by atoms with Crippen LogP contribution in [0.2, 0.25) is 0 Å². The highest BCUT2D eigenvalue weighted by molar-refractivity contribution is 5.74. The number of nitrogens with zero attached hydrogens (tertiary/aromatic N) is 4. The molecule has 2 heterocycles. The van der Waals surface area contributed by atoms with Gasteiger partial charge in [-0.3, -0.25) is 4.68 Å². The highest BCUT2D eigenvalue weighted by Crippen LogP contribution is 2.18. The van der Waals surface area contributed by atoms with E-state index in [9.17, 15) is 4.79 Å². The van der Waals surface area contributed by atoms with Crippen molar-refractivity contribution in [2.24, 2.45) is 0 Å². The topological polar surface area (TPSA) is 63.1 Å². The van der Waals surface area contributed by atoms with Crippen LogP contribution in [0.3, 0.4) is 0 Å². The van der Waals surface area contributed by atoms with Crippen LogP contribution in [-0.4, -0.2) is 44.8 Å². The van der Waals surface area contributed by atoms with Crippen LogP contribution in [-0.2, 0) is 13.0 Å². The Hall–Kier alpha value is -2.37. The van der Waals surface area contributed by atoms with Gasteiger partial charge >= 0.3 is 6.03 Å². The first-order valence-electron chi connectivity index (χ1n) is 7.74. The number of nitrogens with one attached hydrogen (secondary N) is 1. The van der Waals surface area contributed by atoms with Gasteiger partial charge in [-0.1, -0.05) is 30.3 Å². The zero-order chi connectivity index (χ0) is 15.2. The van der Waals surface area contributed by atoms with E-state index < -0.39 is 0 Å². The molecule has 0 saturated carbocycles. The highest BCUT2D eigenvalue weighted by Gasteiger charge is 2.28. The maximum atomic E-state index is 12.3. The van der Waals surface area contributed by atoms with Crippen molar-refractivity contribution in [3.05, 3.63) is 48.5 Å². The second-order valence-electron chi connectivity index (χ2n) is 5.57. The summed E-state index contributed by atoms with van der Waals surface area (Å²) in [4.78, 5) is 18.2. The fourth-order valence-electron chi connectivity index (χ4n) is 2.90. The zero-order valence-corrected chi connectivity index (χ0v) is 12.6. The lowest BCUT2D eigenvalue weighted by Gasteiger charge is -2.24. The van der Waals surface area contributed by atoms with Crippen LogP contribution in [0.15, 0.2) is 43.0 Å². The van der Waals surface area contributed by atoms with E-state index in [0.717, 1.165) is 25.8 Å². The predicted molar refractivity (Wildman–Crippen MR) is 83.3 cm³/mol. The van der Waals surface area contributed by atoms with Gasteiger partial charge in [-0.05, 0) is 24.8 Å². The van der Waals surface area contributed by atoms with E-state index in [1.165, 1.54) is 11.9 Å². The molecule has 116 valence electrons. The molecule has 0 bridgehead atoms. The van der Waals surface area contributed by atoms with Crippen LogP contribution in [0.4, 0.5) is 4.79 Å². The summed E-state index contributed by atoms with van der Waals surface area (Å²) in [6.07, 6.45) is 6.15. The minimum atomic E-state index is 0.0264. The molecule has 2 amide bonds. The van der Waals surface area contributed by atoms with Gasteiger partial charge in [-0.25, -0.2) is 9.78 Å². The fourth-order valence-corrected chi connectivity index (χ4v) is 2.90. The first-order valence-corrected chi connectivity index (χ1v) is 7.74. The van der Waals surface area contributed by atoms with Crippen molar-refractivity contribution in [3.8, 4) is 0 Å². The van der Waals surface area contributed by atoms with Gasteiger partial charge in [0.05, 0.1) is 12.6 Å². The molecule has 6 heteroatoms. The van der Waals surface area contributed by atoms with Crippen LogP contribution in [0, 0.1) is 0 Å². The van der Waals surface area contributed by atoms with Crippen LogP contribution >= 0.6 is 0 Å². The molecule has 2 aromatic rings. The molecule has 1 aromatic heterocycles. The Bertz CT molecular complexity index is 584. The second kappa shape index (κ2) is 7.06. The monoisotopic (exact) mass is 299 g/mol. The summed E-state index contributed by atoms with van der Waals surface area (Å²) in [6.45, 7) is 2.19. The molecule has 0 spiro atoms. The molecule has 3 rings (SSSR count). The first-order chi connectivity index (χ1) is 10.8. The Morgan fingerprint density at radius 2 is 2.18 bits per heavy atom. The van der Waals surface area contributed by atoms with Gasteiger partial charge in [0.15, 0.2) is 0 Å². The van der Waals surface area contributed by atoms with Crippen LogP contribution in [0.1, 0.15) is 18.4 Å². The van der Waals surface area contributed by atoms with Crippen molar-refractivity contribution < 1.29 is 4.79 Å². The average Bonchev–Trinajstić information content (AvgIpc) is 3.20. The number of rotatable bonds is 5. The molecular formula is C16H21N5O. The van der Waals surface area contributed by atoms with E-state index >= 15 is 0 Å². The Morgan fingerprint density at radius 1 is 1.32 bits per heavy atom. The van der Waals surface area contributed by atoms with E-state index in [4.69, 9.17) is 0 Å². The SMILES string of the molecule is O=C(NCCc1ccccc1)N1CCCC1Cn1cncn1. The Balaban J connectivity index is 1.48. The third kappa shape index (κ3) is 3.63. The van der Waals surface area contributed by atoms with Gasteiger partial charge in [0.25, 0.3) is 0 Å². The first kappa shape index (κ1) is 14.6. The van der Waals surface area contributed by atoms with Gasteiger partial charge in [-0.2, -0.15) is 5.10 Å². The van der Waals surface area contributed by atoms with Crippen molar-refractivity contribution in [3.63, 3.8) is 0 Å². The molecule has 1 N–H and O–H groups in total. The van der Waals surface area contributed by atoms with Crippen LogP contribution in [0.5, 0.6) is 0 Å². The number of aromatic nitrogens is 3. The van der Waals surface area contributed by atoms with Gasteiger partial charge in [-0.15, -0.1) is 0 Å². The molecule has 1 aromatic carbocycles. The largest absolute Gasteiger partial charge is 0.338 e. The van der Waals surface area contributed by atoms with E-state index in [-0.39, 0.29) is 12.1 Å². The lowest BCUT2D eigenvalue weighted by Crippen LogP contribution is -2.44. The standard InChI is InChI=1S/C16H21N5O/c22-16(18-9-8-14-5-2-1-3-6-14)21-10-4-7-15(21)11-20-13-17-12-19-20/h1-3,5-6,12-13,15H,4,7-11H2,(H,18,22). The normalized spacial score (nSPS) is 17.6. The molecule has 22 heavy (non-hydrogen) atoms. The summed E-state index contributed by atoms with van der Waals surface area (Å²) >= 11 is 0. The molecule has 1 aliphatic heterocycles. The summed E-state index contributed by atoms with van der Waals surface area (Å²) in [5.74, 6) is 0. The molecule has 1 aliphatic rings. The third-order valence-electron chi connectivity index (χ3n) is 4.04. The van der Waals surface area contributed by atoms with Crippen LogP contribution in [0.25, 0.3) is 0 Å². The number of carbonyl (C=O) groups excluding carboxylic acids is 1. The molecule has 1 fully saturated rings. The summed E-state index contributed by atoms with van der Waals surface area (Å²) < 4.78 is 1.79. The van der Waals surface area contributed by atoms with Crippen molar-refractivity contribution in [2.75, 3.05) is 13.1 Å². The number of amides is 2. The van der Waals surface area contributed by atoms with Crippen molar-refractivity contribution in [1.82, 2.24) is 25.0 Å². The number of hydrogen-bond acceptors (Lipinski definition) is 3. The molecule has 1 unspecified atom stereocenters. The quantitative estimate of drug-likeness (QED) is 0.914. The minimum Gasteiger partial charge on any atom is -0.338 e.